The van der Waals surface area contributed by atoms with Crippen LogP contribution in [0.5, 0.6) is 0 Å². The quantitative estimate of drug-likeness (QED) is 0.870. The smallest absolute Gasteiger partial charge is 0.257 e. The van der Waals surface area contributed by atoms with Crippen molar-refractivity contribution in [1.82, 2.24) is 9.91 Å². The summed E-state index contributed by atoms with van der Waals surface area (Å²) in [6.07, 6.45) is 6.18. The molecule has 0 N–H and O–H groups in total. The Labute approximate surface area is 134 Å². The summed E-state index contributed by atoms with van der Waals surface area (Å²) in [4.78, 5) is 14.9. The van der Waals surface area contributed by atoms with Gasteiger partial charge in [-0.1, -0.05) is 0 Å². The number of hydrazone groups is 1. The van der Waals surface area contributed by atoms with Gasteiger partial charge < -0.3 is 8.83 Å². The van der Waals surface area contributed by atoms with Gasteiger partial charge >= 0.3 is 0 Å². The van der Waals surface area contributed by atoms with Crippen LogP contribution in [-0.4, -0.2) is 41.2 Å². The second-order valence-corrected chi connectivity index (χ2v) is 5.98. The van der Waals surface area contributed by atoms with Crippen molar-refractivity contribution in [2.75, 3.05) is 19.6 Å². The molecule has 0 aromatic carbocycles. The summed E-state index contributed by atoms with van der Waals surface area (Å²) >= 11 is 0. The molecule has 2 aromatic rings. The van der Waals surface area contributed by atoms with E-state index in [0.717, 1.165) is 37.4 Å². The second kappa shape index (κ2) is 6.04. The first kappa shape index (κ1) is 14.3. The van der Waals surface area contributed by atoms with Gasteiger partial charge in [-0.2, -0.15) is 5.10 Å². The maximum absolute atomic E-state index is 12.7. The zero-order valence-corrected chi connectivity index (χ0v) is 12.9. The number of carbonyl (C=O) groups excluding carboxylic acids is 1. The molecule has 1 amide bonds. The van der Waals surface area contributed by atoms with Crippen molar-refractivity contribution in [3.05, 3.63) is 48.3 Å². The minimum Gasteiger partial charge on any atom is -0.467 e. The Hall–Kier alpha value is -2.34. The van der Waals surface area contributed by atoms with Crippen LogP contribution < -0.4 is 0 Å². The first-order valence-electron chi connectivity index (χ1n) is 8.00. The zero-order valence-electron chi connectivity index (χ0n) is 12.9. The van der Waals surface area contributed by atoms with Gasteiger partial charge in [0, 0.05) is 6.42 Å². The van der Waals surface area contributed by atoms with Crippen molar-refractivity contribution >= 4 is 11.6 Å². The lowest BCUT2D eigenvalue weighted by Gasteiger charge is -2.22. The lowest BCUT2D eigenvalue weighted by molar-refractivity contribution is -0.134. The molecule has 6 nitrogen and oxygen atoms in total. The Morgan fingerprint density at radius 2 is 1.96 bits per heavy atom. The Morgan fingerprint density at radius 1 is 1.17 bits per heavy atom. The fourth-order valence-corrected chi connectivity index (χ4v) is 3.24. The maximum Gasteiger partial charge on any atom is 0.257 e. The van der Waals surface area contributed by atoms with E-state index in [-0.39, 0.29) is 11.9 Å². The van der Waals surface area contributed by atoms with Crippen molar-refractivity contribution in [1.29, 1.82) is 0 Å². The summed E-state index contributed by atoms with van der Waals surface area (Å²) in [6, 6.07) is 7.23. The fourth-order valence-electron chi connectivity index (χ4n) is 3.24. The molecule has 0 unspecified atom stereocenters. The van der Waals surface area contributed by atoms with Gasteiger partial charge in [0.15, 0.2) is 0 Å². The molecular weight excluding hydrogens is 294 g/mol. The van der Waals surface area contributed by atoms with Crippen molar-refractivity contribution in [3.8, 4) is 0 Å². The SMILES string of the molecule is O=C(CN1CCCC1)N1N=C(c2ccco2)C[C@@H]1c1ccco1. The molecule has 0 radical (unpaired) electrons. The molecule has 4 heterocycles. The molecule has 0 saturated carbocycles. The van der Waals surface area contributed by atoms with Gasteiger partial charge in [0.1, 0.15) is 23.3 Å². The van der Waals surface area contributed by atoms with Gasteiger partial charge in [0.25, 0.3) is 5.91 Å². The van der Waals surface area contributed by atoms with Crippen LogP contribution in [0.25, 0.3) is 0 Å². The molecule has 0 bridgehead atoms. The fraction of sp³-hybridized carbons (Fsp3) is 0.412. The number of carbonyl (C=O) groups is 1. The van der Waals surface area contributed by atoms with Gasteiger partial charge in [-0.3, -0.25) is 9.69 Å². The average Bonchev–Trinajstić information content (AvgIpc) is 3.30. The molecule has 2 aliphatic heterocycles. The van der Waals surface area contributed by atoms with E-state index in [1.807, 2.05) is 24.3 Å². The summed E-state index contributed by atoms with van der Waals surface area (Å²) in [6.45, 7) is 2.38. The van der Waals surface area contributed by atoms with Gasteiger partial charge in [0.2, 0.25) is 0 Å². The third kappa shape index (κ3) is 2.82. The van der Waals surface area contributed by atoms with Gasteiger partial charge in [-0.25, -0.2) is 5.01 Å². The van der Waals surface area contributed by atoms with Crippen LogP contribution in [0.15, 0.2) is 50.7 Å². The Kier molecular flexibility index (Phi) is 3.75. The predicted molar refractivity (Wildman–Crippen MR) is 83.8 cm³/mol. The molecule has 4 rings (SSSR count). The highest BCUT2D eigenvalue weighted by Gasteiger charge is 2.36. The Balaban J connectivity index is 1.57. The van der Waals surface area contributed by atoms with Gasteiger partial charge in [0.05, 0.1) is 19.1 Å². The van der Waals surface area contributed by atoms with Crippen molar-refractivity contribution in [3.63, 3.8) is 0 Å². The molecule has 6 heteroatoms. The molecular formula is C17H19N3O3. The van der Waals surface area contributed by atoms with E-state index in [2.05, 4.69) is 10.0 Å². The van der Waals surface area contributed by atoms with Crippen LogP contribution in [0, 0.1) is 0 Å². The van der Waals surface area contributed by atoms with E-state index in [0.29, 0.717) is 18.7 Å². The third-order valence-corrected chi connectivity index (χ3v) is 4.40. The molecule has 120 valence electrons. The third-order valence-electron chi connectivity index (χ3n) is 4.40. The standard InChI is InChI=1S/C17H19N3O3/c21-17(12-19-7-1-2-8-19)20-14(16-6-4-10-23-16)11-13(18-20)15-5-3-9-22-15/h3-6,9-10,14H,1-2,7-8,11-12H2/t14-/m1/s1. The summed E-state index contributed by atoms with van der Waals surface area (Å²) in [7, 11) is 0. The zero-order chi connectivity index (χ0) is 15.6. The number of furan rings is 2. The minimum absolute atomic E-state index is 0.00913. The molecule has 1 saturated heterocycles. The monoisotopic (exact) mass is 313 g/mol. The second-order valence-electron chi connectivity index (χ2n) is 5.98. The van der Waals surface area contributed by atoms with Gasteiger partial charge in [-0.15, -0.1) is 0 Å². The summed E-state index contributed by atoms with van der Waals surface area (Å²) < 4.78 is 11.0. The van der Waals surface area contributed by atoms with E-state index < -0.39 is 0 Å². The van der Waals surface area contributed by atoms with Crippen LogP contribution in [0.4, 0.5) is 0 Å². The largest absolute Gasteiger partial charge is 0.467 e. The van der Waals surface area contributed by atoms with E-state index in [1.165, 1.54) is 0 Å². The number of nitrogens with zero attached hydrogens (tertiary/aromatic N) is 3. The van der Waals surface area contributed by atoms with Crippen LogP contribution >= 0.6 is 0 Å². The summed E-state index contributed by atoms with van der Waals surface area (Å²) in [5.74, 6) is 1.47. The number of likely N-dealkylation sites (tertiary alicyclic amines) is 1. The highest BCUT2D eigenvalue weighted by atomic mass is 16.3. The summed E-state index contributed by atoms with van der Waals surface area (Å²) in [5, 5.41) is 6.09. The first-order chi connectivity index (χ1) is 11.3. The van der Waals surface area contributed by atoms with Crippen molar-refractivity contribution in [2.45, 2.75) is 25.3 Å². The first-order valence-corrected chi connectivity index (χ1v) is 8.00. The lowest BCUT2D eigenvalue weighted by Crippen LogP contribution is -2.36. The van der Waals surface area contributed by atoms with Crippen LogP contribution in [0.3, 0.4) is 0 Å². The van der Waals surface area contributed by atoms with Crippen molar-refractivity contribution in [2.24, 2.45) is 5.10 Å². The van der Waals surface area contributed by atoms with Crippen LogP contribution in [0.2, 0.25) is 0 Å². The Bertz CT molecular complexity index is 685. The lowest BCUT2D eigenvalue weighted by atomic mass is 10.1. The topological polar surface area (TPSA) is 62.2 Å². The van der Waals surface area contributed by atoms with Crippen LogP contribution in [0.1, 0.15) is 36.8 Å². The number of amides is 1. The molecule has 1 atom stereocenters. The average molecular weight is 313 g/mol. The van der Waals surface area contributed by atoms with E-state index in [4.69, 9.17) is 8.83 Å². The molecule has 2 aliphatic rings. The normalized spacial score (nSPS) is 21.8. The highest BCUT2D eigenvalue weighted by molar-refractivity contribution is 6.01. The molecule has 2 aromatic heterocycles. The van der Waals surface area contributed by atoms with E-state index >= 15 is 0 Å². The number of hydrogen-bond acceptors (Lipinski definition) is 5. The van der Waals surface area contributed by atoms with E-state index in [1.54, 1.807) is 17.5 Å². The Morgan fingerprint density at radius 3 is 2.65 bits per heavy atom. The summed E-state index contributed by atoms with van der Waals surface area (Å²) in [5.41, 5.74) is 0.783. The van der Waals surface area contributed by atoms with E-state index in [9.17, 15) is 4.79 Å². The maximum atomic E-state index is 12.7. The molecule has 1 fully saturated rings. The molecule has 0 aliphatic carbocycles. The molecule has 23 heavy (non-hydrogen) atoms. The van der Waals surface area contributed by atoms with Crippen LogP contribution in [-0.2, 0) is 4.79 Å². The number of hydrogen-bond donors (Lipinski definition) is 0. The predicted octanol–water partition coefficient (Wildman–Crippen LogP) is 2.65. The van der Waals surface area contributed by atoms with Gasteiger partial charge in [-0.05, 0) is 50.2 Å². The van der Waals surface area contributed by atoms with Crippen molar-refractivity contribution < 1.29 is 13.6 Å². The minimum atomic E-state index is -0.194. The number of rotatable bonds is 4. The molecule has 0 spiro atoms. The highest BCUT2D eigenvalue weighted by Crippen LogP contribution is 2.33.